The summed E-state index contributed by atoms with van der Waals surface area (Å²) in [5.41, 5.74) is 0. The van der Waals surface area contributed by atoms with Crippen LogP contribution in [0.5, 0.6) is 0 Å². The zero-order chi connectivity index (χ0) is 24.6. The van der Waals surface area contributed by atoms with Crippen LogP contribution in [0.3, 0.4) is 0 Å². The molecule has 0 heterocycles. The number of esters is 6. The molecular weight excluding hydrogens is 432 g/mol. The molecule has 0 aromatic carbocycles. The molecule has 32 heavy (non-hydrogen) atoms. The van der Waals surface area contributed by atoms with Crippen LogP contribution in [0.1, 0.15) is 41.5 Å². The summed E-state index contributed by atoms with van der Waals surface area (Å²) in [5, 5.41) is 0. The summed E-state index contributed by atoms with van der Waals surface area (Å²) in [4.78, 5) is 70.2. The first-order valence-corrected chi connectivity index (χ1v) is 9.79. The number of carbonyl (C=O) groups excluding carboxylic acids is 6. The van der Waals surface area contributed by atoms with E-state index in [2.05, 4.69) is 0 Å². The second-order valence-electron chi connectivity index (χ2n) is 7.23. The predicted octanol–water partition coefficient (Wildman–Crippen LogP) is 0.0854. The first-order valence-electron chi connectivity index (χ1n) is 9.79. The monoisotopic (exact) mass is 460 g/mol. The van der Waals surface area contributed by atoms with Gasteiger partial charge in [0.2, 0.25) is 0 Å². The number of hydrogen-bond acceptors (Lipinski definition) is 12. The van der Waals surface area contributed by atoms with Gasteiger partial charge in [-0.15, -0.1) is 0 Å². The molecule has 1 aliphatic carbocycles. The number of hydrogen-bond donors (Lipinski definition) is 0. The van der Waals surface area contributed by atoms with Gasteiger partial charge in [0.1, 0.15) is 12.2 Å². The van der Waals surface area contributed by atoms with Gasteiger partial charge in [-0.3, -0.25) is 28.8 Å². The first-order chi connectivity index (χ1) is 14.8. The molecule has 12 heteroatoms. The fourth-order valence-corrected chi connectivity index (χ4v) is 3.56. The van der Waals surface area contributed by atoms with E-state index in [1.54, 1.807) is 0 Å². The summed E-state index contributed by atoms with van der Waals surface area (Å²) < 4.78 is 31.5. The van der Waals surface area contributed by atoms with Crippen LogP contribution in [0, 0.1) is 11.8 Å². The lowest BCUT2D eigenvalue weighted by Gasteiger charge is -2.48. The zero-order valence-electron chi connectivity index (χ0n) is 18.8. The molecule has 1 saturated carbocycles. The van der Waals surface area contributed by atoms with Gasteiger partial charge in [-0.25, -0.2) is 0 Å². The van der Waals surface area contributed by atoms with Crippen molar-refractivity contribution in [2.75, 3.05) is 13.2 Å². The van der Waals surface area contributed by atoms with Crippen molar-refractivity contribution in [1.82, 2.24) is 0 Å². The Balaban J connectivity index is 3.63. The van der Waals surface area contributed by atoms with Crippen molar-refractivity contribution < 1.29 is 57.2 Å². The van der Waals surface area contributed by atoms with E-state index >= 15 is 0 Å². The summed E-state index contributed by atoms with van der Waals surface area (Å²) in [5.74, 6) is -6.35. The lowest BCUT2D eigenvalue weighted by Crippen LogP contribution is -2.64. The van der Waals surface area contributed by atoms with Crippen LogP contribution in [0.2, 0.25) is 0 Å². The van der Waals surface area contributed by atoms with Gasteiger partial charge in [-0.2, -0.15) is 0 Å². The number of carbonyl (C=O) groups is 6. The maximum atomic E-state index is 11.8. The molecule has 12 nitrogen and oxygen atoms in total. The lowest BCUT2D eigenvalue weighted by molar-refractivity contribution is -0.238. The number of rotatable bonds is 8. The summed E-state index contributed by atoms with van der Waals surface area (Å²) in [6, 6.07) is 0. The third kappa shape index (κ3) is 8.16. The Morgan fingerprint density at radius 2 is 0.688 bits per heavy atom. The Morgan fingerprint density at radius 3 is 0.906 bits per heavy atom. The molecule has 0 saturated heterocycles. The van der Waals surface area contributed by atoms with Crippen molar-refractivity contribution in [2.45, 2.75) is 66.0 Å². The van der Waals surface area contributed by atoms with Crippen molar-refractivity contribution in [1.29, 1.82) is 0 Å². The SMILES string of the molecule is CC(=O)OC[C@@H]1[C@H](COC(C)=O)[C@@H](OC(C)=O)[C@@H](OC(C)=O)[C@@H](OC(C)=O)[C@H]1OC(C)=O. The minimum atomic E-state index is -1.40. The van der Waals surface area contributed by atoms with Gasteiger partial charge in [0.25, 0.3) is 0 Å². The van der Waals surface area contributed by atoms with E-state index in [-0.39, 0.29) is 13.2 Å². The van der Waals surface area contributed by atoms with Crippen LogP contribution in [-0.2, 0) is 57.2 Å². The summed E-state index contributed by atoms with van der Waals surface area (Å²) in [7, 11) is 0. The second-order valence-corrected chi connectivity index (χ2v) is 7.23. The van der Waals surface area contributed by atoms with E-state index in [4.69, 9.17) is 28.4 Å². The van der Waals surface area contributed by atoms with Gasteiger partial charge in [-0.1, -0.05) is 0 Å². The standard InChI is InChI=1S/C20H28O12/c1-9(21)27-7-15-16(8-28-10(2)22)18(30-12(4)24)20(32-14(6)26)19(31-13(5)25)17(15)29-11(3)23/h15-20H,7-8H2,1-6H3/t15-,16+,17+,18-,19+,20-. The molecule has 180 valence electrons. The molecule has 0 bridgehead atoms. The Kier molecular flexibility index (Phi) is 10.1. The summed E-state index contributed by atoms with van der Waals surface area (Å²) in [6.07, 6.45) is -5.38. The fourth-order valence-electron chi connectivity index (χ4n) is 3.56. The Bertz CT molecular complexity index is 683. The molecule has 0 aliphatic heterocycles. The van der Waals surface area contributed by atoms with Crippen LogP contribution >= 0.6 is 0 Å². The van der Waals surface area contributed by atoms with Gasteiger partial charge in [0, 0.05) is 53.4 Å². The van der Waals surface area contributed by atoms with Crippen molar-refractivity contribution in [3.63, 3.8) is 0 Å². The van der Waals surface area contributed by atoms with Crippen LogP contribution < -0.4 is 0 Å². The average Bonchev–Trinajstić information content (AvgIpc) is 2.62. The molecule has 0 spiro atoms. The average molecular weight is 460 g/mol. The molecule has 1 aliphatic rings. The van der Waals surface area contributed by atoms with Gasteiger partial charge in [0.15, 0.2) is 12.2 Å². The van der Waals surface area contributed by atoms with Crippen molar-refractivity contribution >= 4 is 35.8 Å². The molecule has 0 unspecified atom stereocenters. The Morgan fingerprint density at radius 1 is 0.438 bits per heavy atom. The molecule has 0 N–H and O–H groups in total. The van der Waals surface area contributed by atoms with E-state index < -0.39 is 72.1 Å². The van der Waals surface area contributed by atoms with Gasteiger partial charge in [-0.05, 0) is 0 Å². The van der Waals surface area contributed by atoms with Crippen LogP contribution in [0.25, 0.3) is 0 Å². The normalized spacial score (nSPS) is 26.8. The largest absolute Gasteiger partial charge is 0.465 e. The molecular formula is C20H28O12. The van der Waals surface area contributed by atoms with Crippen molar-refractivity contribution in [3.8, 4) is 0 Å². The van der Waals surface area contributed by atoms with Crippen LogP contribution in [0.4, 0.5) is 0 Å². The molecule has 0 aromatic rings. The van der Waals surface area contributed by atoms with E-state index in [0.717, 1.165) is 41.5 Å². The molecule has 6 atom stereocenters. The maximum Gasteiger partial charge on any atom is 0.303 e. The second kappa shape index (κ2) is 12.0. The molecule has 1 rings (SSSR count). The smallest absolute Gasteiger partial charge is 0.303 e. The van der Waals surface area contributed by atoms with Crippen LogP contribution in [0.15, 0.2) is 0 Å². The Hall–Kier alpha value is -3.18. The highest BCUT2D eigenvalue weighted by atomic mass is 16.6. The predicted molar refractivity (Wildman–Crippen MR) is 102 cm³/mol. The third-order valence-electron chi connectivity index (χ3n) is 4.53. The molecule has 0 radical (unpaired) electrons. The molecule has 0 aromatic heterocycles. The van der Waals surface area contributed by atoms with Crippen LogP contribution in [-0.4, -0.2) is 73.4 Å². The third-order valence-corrected chi connectivity index (χ3v) is 4.53. The van der Waals surface area contributed by atoms with Gasteiger partial charge in [0.05, 0.1) is 13.2 Å². The highest BCUT2D eigenvalue weighted by Gasteiger charge is 2.57. The lowest BCUT2D eigenvalue weighted by atomic mass is 9.72. The van der Waals surface area contributed by atoms with Crippen molar-refractivity contribution in [2.24, 2.45) is 11.8 Å². The zero-order valence-corrected chi connectivity index (χ0v) is 18.8. The summed E-state index contributed by atoms with van der Waals surface area (Å²) >= 11 is 0. The van der Waals surface area contributed by atoms with Gasteiger partial charge >= 0.3 is 35.8 Å². The van der Waals surface area contributed by atoms with Gasteiger partial charge < -0.3 is 28.4 Å². The minimum Gasteiger partial charge on any atom is -0.465 e. The fraction of sp³-hybridized carbons (Fsp3) is 0.700. The summed E-state index contributed by atoms with van der Waals surface area (Å²) in [6.45, 7) is 5.97. The van der Waals surface area contributed by atoms with E-state index in [0.29, 0.717) is 0 Å². The highest BCUT2D eigenvalue weighted by molar-refractivity contribution is 5.69. The minimum absolute atomic E-state index is 0.360. The highest BCUT2D eigenvalue weighted by Crippen LogP contribution is 2.39. The van der Waals surface area contributed by atoms with E-state index in [9.17, 15) is 28.8 Å². The number of ether oxygens (including phenoxy) is 6. The molecule has 1 fully saturated rings. The topological polar surface area (TPSA) is 158 Å². The molecule has 0 amide bonds. The Labute approximate surface area is 184 Å². The maximum absolute atomic E-state index is 11.8. The van der Waals surface area contributed by atoms with E-state index in [1.807, 2.05) is 0 Å². The first kappa shape index (κ1) is 26.9. The van der Waals surface area contributed by atoms with Crippen molar-refractivity contribution in [3.05, 3.63) is 0 Å². The van der Waals surface area contributed by atoms with E-state index in [1.165, 1.54) is 0 Å². The quantitative estimate of drug-likeness (QED) is 0.355.